The quantitative estimate of drug-likeness (QED) is 0.123. The molecule has 10 nitrogen and oxygen atoms in total. The number of hydrogen-bond acceptors (Lipinski definition) is 7. The van der Waals surface area contributed by atoms with E-state index in [1.807, 2.05) is 13.8 Å². The van der Waals surface area contributed by atoms with E-state index in [2.05, 4.69) is 14.7 Å². The number of ketones is 1. The Kier molecular flexibility index (Phi) is 11.6. The van der Waals surface area contributed by atoms with E-state index in [4.69, 9.17) is 4.98 Å². The van der Waals surface area contributed by atoms with Crippen molar-refractivity contribution in [2.45, 2.75) is 77.3 Å². The smallest absolute Gasteiger partial charge is 0.258 e. The van der Waals surface area contributed by atoms with E-state index < -0.39 is 21.4 Å². The number of nitrogens with one attached hydrogen (secondary N) is 1. The highest BCUT2D eigenvalue weighted by Crippen LogP contribution is 2.30. The van der Waals surface area contributed by atoms with Crippen molar-refractivity contribution < 1.29 is 22.4 Å². The number of benzene rings is 2. The Balaban J connectivity index is 1.46. The molecule has 0 atom stereocenters. The third-order valence-electron chi connectivity index (χ3n) is 8.19. The fourth-order valence-electron chi connectivity index (χ4n) is 5.95. The second kappa shape index (κ2) is 15.9. The first kappa shape index (κ1) is 37.2. The number of aromatic nitrogens is 4. The molecule has 0 spiro atoms. The minimum absolute atomic E-state index is 0.00868. The Bertz CT molecular complexity index is 2110. The lowest BCUT2D eigenvalue weighted by atomic mass is 10.0. The largest absolute Gasteiger partial charge is 0.321 e. The topological polar surface area (TPSA) is 127 Å². The number of sulfonamides is 1. The van der Waals surface area contributed by atoms with Crippen LogP contribution in [-0.4, -0.2) is 51.7 Å². The highest BCUT2D eigenvalue weighted by Gasteiger charge is 2.27. The number of amides is 1. The normalized spacial score (nSPS) is 11.8. The van der Waals surface area contributed by atoms with E-state index in [-0.39, 0.29) is 36.1 Å². The number of nitrogens with zero attached hydrogens (tertiary/aromatic N) is 5. The van der Waals surface area contributed by atoms with Gasteiger partial charge in [0.2, 0.25) is 10.0 Å². The van der Waals surface area contributed by atoms with Gasteiger partial charge in [-0.2, -0.15) is 0 Å². The number of pyridine rings is 2. The Labute approximate surface area is 298 Å². The van der Waals surface area contributed by atoms with Crippen LogP contribution in [0.4, 0.5) is 10.1 Å². The molecule has 0 radical (unpaired) electrons. The molecule has 5 rings (SSSR count). The lowest BCUT2D eigenvalue weighted by molar-refractivity contribution is 0.0961. The van der Waals surface area contributed by atoms with Crippen molar-refractivity contribution in [3.05, 3.63) is 126 Å². The molecule has 1 amide bonds. The van der Waals surface area contributed by atoms with Gasteiger partial charge in [0, 0.05) is 60.2 Å². The van der Waals surface area contributed by atoms with Gasteiger partial charge >= 0.3 is 0 Å². The SMILES string of the molecule is CCCc1nc(CC)c(C(=O)CCN(C(=O)c2ccncc2)c2cccnc2)n1Cc1ccc(-c2ccccc2S(=O)(=O)NC(C)(C)C)cc1F. The van der Waals surface area contributed by atoms with Crippen molar-refractivity contribution in [2.75, 3.05) is 11.4 Å². The number of carbonyl (C=O) groups excluding carboxylic acids is 2. The van der Waals surface area contributed by atoms with Crippen LogP contribution in [-0.2, 0) is 29.4 Å². The number of rotatable bonds is 14. The highest BCUT2D eigenvalue weighted by molar-refractivity contribution is 7.89. The molecule has 0 unspecified atom stereocenters. The molecule has 0 aliphatic carbocycles. The van der Waals surface area contributed by atoms with E-state index >= 15 is 4.39 Å². The molecule has 5 aromatic rings. The van der Waals surface area contributed by atoms with Gasteiger partial charge in [-0.15, -0.1) is 0 Å². The van der Waals surface area contributed by atoms with Crippen LogP contribution in [0.15, 0.2) is 96.4 Å². The number of Topliss-reactive ketones (excluding diaryl/α,β-unsaturated/α-hetero) is 1. The molecule has 0 fully saturated rings. The maximum Gasteiger partial charge on any atom is 0.258 e. The number of hydrogen-bond donors (Lipinski definition) is 1. The summed E-state index contributed by atoms with van der Waals surface area (Å²) in [7, 11) is -3.90. The summed E-state index contributed by atoms with van der Waals surface area (Å²) in [6.45, 7) is 9.33. The summed E-state index contributed by atoms with van der Waals surface area (Å²) < 4.78 is 47.0. The predicted octanol–water partition coefficient (Wildman–Crippen LogP) is 7.04. The van der Waals surface area contributed by atoms with Crippen molar-refractivity contribution in [3.8, 4) is 11.1 Å². The molecule has 0 aliphatic heterocycles. The number of imidazole rings is 1. The van der Waals surface area contributed by atoms with Crippen LogP contribution in [0.3, 0.4) is 0 Å². The summed E-state index contributed by atoms with van der Waals surface area (Å²) in [4.78, 5) is 42.3. The average molecular weight is 711 g/mol. The summed E-state index contributed by atoms with van der Waals surface area (Å²) in [6, 6.07) is 17.9. The first-order valence-electron chi connectivity index (χ1n) is 17.0. The Morgan fingerprint density at radius 3 is 2.33 bits per heavy atom. The summed E-state index contributed by atoms with van der Waals surface area (Å²) in [5.74, 6) is -0.384. The van der Waals surface area contributed by atoms with Crippen molar-refractivity contribution in [2.24, 2.45) is 0 Å². The van der Waals surface area contributed by atoms with Gasteiger partial charge in [-0.1, -0.05) is 44.2 Å². The van der Waals surface area contributed by atoms with Crippen molar-refractivity contribution in [1.29, 1.82) is 0 Å². The Morgan fingerprint density at radius 2 is 1.69 bits per heavy atom. The van der Waals surface area contributed by atoms with Crippen LogP contribution in [0, 0.1) is 5.82 Å². The minimum Gasteiger partial charge on any atom is -0.321 e. The number of carbonyl (C=O) groups is 2. The summed E-state index contributed by atoms with van der Waals surface area (Å²) >= 11 is 0. The van der Waals surface area contributed by atoms with Gasteiger partial charge in [-0.25, -0.2) is 22.5 Å². The van der Waals surface area contributed by atoms with Crippen LogP contribution in [0.25, 0.3) is 11.1 Å². The second-order valence-corrected chi connectivity index (χ2v) is 14.9. The predicted molar refractivity (Wildman–Crippen MR) is 196 cm³/mol. The zero-order chi connectivity index (χ0) is 36.8. The van der Waals surface area contributed by atoms with Gasteiger partial charge in [0.25, 0.3) is 5.91 Å². The highest BCUT2D eigenvalue weighted by atomic mass is 32.2. The van der Waals surface area contributed by atoms with Crippen molar-refractivity contribution in [1.82, 2.24) is 24.2 Å². The first-order chi connectivity index (χ1) is 24.3. The average Bonchev–Trinajstić information content (AvgIpc) is 3.45. The van der Waals surface area contributed by atoms with Crippen LogP contribution in [0.1, 0.15) is 85.4 Å². The van der Waals surface area contributed by atoms with Gasteiger partial charge in [-0.3, -0.25) is 19.6 Å². The monoisotopic (exact) mass is 710 g/mol. The number of halogens is 1. The lowest BCUT2D eigenvalue weighted by Gasteiger charge is -2.22. The molecule has 0 saturated heterocycles. The van der Waals surface area contributed by atoms with Gasteiger partial charge in [-0.05, 0) is 75.6 Å². The third-order valence-corrected chi connectivity index (χ3v) is 10.0. The molecular formula is C39H43FN6O4S. The van der Waals surface area contributed by atoms with Crippen LogP contribution in [0.5, 0.6) is 0 Å². The zero-order valence-corrected chi connectivity index (χ0v) is 30.4. The summed E-state index contributed by atoms with van der Waals surface area (Å²) in [5, 5.41) is 0. The number of aryl methyl sites for hydroxylation is 2. The molecular weight excluding hydrogens is 668 g/mol. The van der Waals surface area contributed by atoms with E-state index in [0.717, 1.165) is 6.42 Å². The standard InChI is InChI=1S/C39H43FN6O4S/c1-6-11-36-43-33(7-2)37(34(47)19-23-45(30-12-10-20-42-25-30)38(48)27-17-21-41-22-18-27)46(36)26-29-16-15-28(24-32(29)40)31-13-8-9-14-35(31)51(49,50)44-39(3,4)5/h8-10,12-18,20-22,24-25,44H,6-7,11,19,23,26H2,1-5H3. The summed E-state index contributed by atoms with van der Waals surface area (Å²) in [5.41, 5.74) is 2.37. The van der Waals surface area contributed by atoms with Crippen LogP contribution < -0.4 is 9.62 Å². The van der Waals surface area contributed by atoms with Crippen molar-refractivity contribution in [3.63, 3.8) is 0 Å². The fraction of sp³-hybridized carbons (Fsp3) is 0.308. The molecule has 3 heterocycles. The molecule has 266 valence electrons. The molecule has 2 aromatic carbocycles. The molecule has 3 aromatic heterocycles. The minimum atomic E-state index is -3.90. The van der Waals surface area contributed by atoms with Gasteiger partial charge < -0.3 is 9.47 Å². The van der Waals surface area contributed by atoms with Crippen LogP contribution >= 0.6 is 0 Å². The van der Waals surface area contributed by atoms with E-state index in [1.165, 1.54) is 29.4 Å². The second-order valence-electron chi connectivity index (χ2n) is 13.2. The lowest BCUT2D eigenvalue weighted by Crippen LogP contribution is -2.40. The van der Waals surface area contributed by atoms with Gasteiger partial charge in [0.05, 0.1) is 29.0 Å². The molecule has 1 N–H and O–H groups in total. The fourth-order valence-corrected chi connectivity index (χ4v) is 7.60. The molecule has 12 heteroatoms. The Hall–Kier alpha value is -5.07. The maximum atomic E-state index is 16.0. The van der Waals surface area contributed by atoms with Gasteiger partial charge in [0.15, 0.2) is 5.78 Å². The molecule has 0 aliphatic rings. The van der Waals surface area contributed by atoms with Crippen LogP contribution in [0.2, 0.25) is 0 Å². The van der Waals surface area contributed by atoms with E-state index in [1.54, 1.807) is 92.3 Å². The molecule has 0 saturated carbocycles. The summed E-state index contributed by atoms with van der Waals surface area (Å²) in [6.07, 6.45) is 8.09. The third kappa shape index (κ3) is 8.81. The van der Waals surface area contributed by atoms with Crippen molar-refractivity contribution >= 4 is 27.4 Å². The molecule has 0 bridgehead atoms. The molecule has 51 heavy (non-hydrogen) atoms. The first-order valence-corrected chi connectivity index (χ1v) is 18.5. The maximum absolute atomic E-state index is 16.0. The van der Waals surface area contributed by atoms with Gasteiger partial charge in [0.1, 0.15) is 17.3 Å². The van der Waals surface area contributed by atoms with E-state index in [0.29, 0.717) is 58.0 Å². The Morgan fingerprint density at radius 1 is 0.941 bits per heavy atom. The zero-order valence-electron chi connectivity index (χ0n) is 29.6. The number of anilines is 1. The van der Waals surface area contributed by atoms with E-state index in [9.17, 15) is 18.0 Å².